The van der Waals surface area contributed by atoms with Gasteiger partial charge in [0.2, 0.25) is 5.91 Å². The van der Waals surface area contributed by atoms with Crippen molar-refractivity contribution < 1.29 is 9.18 Å². The molecule has 3 unspecified atom stereocenters. The molecular weight excluding hydrogens is 337 g/mol. The maximum atomic E-state index is 13.1. The van der Waals surface area contributed by atoms with E-state index in [4.69, 9.17) is 0 Å². The zero-order valence-electron chi connectivity index (χ0n) is 10.2. The van der Waals surface area contributed by atoms with E-state index in [-0.39, 0.29) is 35.6 Å². The van der Waals surface area contributed by atoms with Gasteiger partial charge in [-0.1, -0.05) is 6.92 Å². The molecule has 1 saturated heterocycles. The van der Waals surface area contributed by atoms with Gasteiger partial charge in [-0.2, -0.15) is 0 Å². The number of anilines is 1. The molecule has 2 N–H and O–H groups in total. The van der Waals surface area contributed by atoms with Crippen molar-refractivity contribution in [1.29, 1.82) is 0 Å². The fraction of sp³-hybridized carbons (Fsp3) is 0.500. The summed E-state index contributed by atoms with van der Waals surface area (Å²) in [6.07, 6.45) is 1.97. The summed E-state index contributed by atoms with van der Waals surface area (Å²) in [4.78, 5) is 16.0. The molecule has 4 nitrogen and oxygen atoms in total. The number of fused-ring (bicyclic) bond motifs is 1. The SMILES string of the molecule is CC12CC(C(=O)Nc3cc(F)cc(Br)n3)NC1C2.Cl. The number of nitrogens with one attached hydrogen (secondary N) is 2. The van der Waals surface area contributed by atoms with Gasteiger partial charge in [0.15, 0.2) is 0 Å². The Kier molecular flexibility index (Phi) is 3.86. The first-order chi connectivity index (χ1) is 8.46. The maximum Gasteiger partial charge on any atom is 0.242 e. The van der Waals surface area contributed by atoms with Crippen LogP contribution in [0, 0.1) is 11.2 Å². The number of piperidine rings is 1. The number of hydrogen-bond donors (Lipinski definition) is 2. The number of hydrogen-bond acceptors (Lipinski definition) is 3. The number of carbonyl (C=O) groups is 1. The molecule has 0 aromatic carbocycles. The molecule has 2 aliphatic rings. The Bertz CT molecular complexity index is 509. The first-order valence-corrected chi connectivity index (χ1v) is 6.66. The van der Waals surface area contributed by atoms with Crippen molar-refractivity contribution in [2.45, 2.75) is 31.8 Å². The zero-order valence-corrected chi connectivity index (χ0v) is 12.6. The summed E-state index contributed by atoms with van der Waals surface area (Å²) in [5.41, 5.74) is 0.276. The van der Waals surface area contributed by atoms with Gasteiger partial charge < -0.3 is 10.6 Å². The highest BCUT2D eigenvalue weighted by atomic mass is 79.9. The molecule has 104 valence electrons. The number of amides is 1. The number of nitrogens with zero attached hydrogens (tertiary/aromatic N) is 1. The van der Waals surface area contributed by atoms with Crippen molar-refractivity contribution in [3.05, 3.63) is 22.6 Å². The van der Waals surface area contributed by atoms with E-state index >= 15 is 0 Å². The van der Waals surface area contributed by atoms with E-state index in [9.17, 15) is 9.18 Å². The number of aromatic nitrogens is 1. The number of pyridine rings is 1. The average molecular weight is 351 g/mol. The molecule has 1 aliphatic heterocycles. The van der Waals surface area contributed by atoms with E-state index in [0.717, 1.165) is 12.8 Å². The van der Waals surface area contributed by atoms with Crippen molar-refractivity contribution in [2.75, 3.05) is 5.32 Å². The van der Waals surface area contributed by atoms with E-state index in [1.807, 2.05) is 0 Å². The monoisotopic (exact) mass is 349 g/mol. The third kappa shape index (κ3) is 2.90. The Balaban J connectivity index is 0.00000133. The van der Waals surface area contributed by atoms with Gasteiger partial charge >= 0.3 is 0 Å². The normalized spacial score (nSPS) is 31.3. The van der Waals surface area contributed by atoms with Crippen LogP contribution in [0.2, 0.25) is 0 Å². The molecule has 1 aliphatic carbocycles. The van der Waals surface area contributed by atoms with E-state index in [1.165, 1.54) is 12.1 Å². The van der Waals surface area contributed by atoms with Crippen LogP contribution >= 0.6 is 28.3 Å². The maximum absolute atomic E-state index is 13.1. The molecule has 7 heteroatoms. The minimum atomic E-state index is -0.429. The van der Waals surface area contributed by atoms with Crippen LogP contribution in [0.25, 0.3) is 0 Å². The molecular formula is C12H14BrClFN3O. The van der Waals surface area contributed by atoms with Crippen molar-refractivity contribution in [3.63, 3.8) is 0 Å². The van der Waals surface area contributed by atoms with Crippen molar-refractivity contribution in [1.82, 2.24) is 10.3 Å². The molecule has 2 heterocycles. The third-order valence-corrected chi connectivity index (χ3v) is 4.16. The first-order valence-electron chi connectivity index (χ1n) is 5.86. The predicted molar refractivity (Wildman–Crippen MR) is 75.8 cm³/mol. The van der Waals surface area contributed by atoms with Crippen LogP contribution < -0.4 is 10.6 Å². The molecule has 19 heavy (non-hydrogen) atoms. The Morgan fingerprint density at radius 1 is 1.58 bits per heavy atom. The van der Waals surface area contributed by atoms with Crippen LogP contribution in [0.15, 0.2) is 16.7 Å². The number of halogens is 3. The van der Waals surface area contributed by atoms with Crippen molar-refractivity contribution in [2.24, 2.45) is 5.41 Å². The second-order valence-corrected chi connectivity index (χ2v) is 6.13. The van der Waals surface area contributed by atoms with Gasteiger partial charge in [-0.3, -0.25) is 4.79 Å². The number of carbonyl (C=O) groups excluding carboxylic acids is 1. The summed E-state index contributed by atoms with van der Waals surface area (Å²) in [6.45, 7) is 2.18. The molecule has 1 amide bonds. The fourth-order valence-electron chi connectivity index (χ4n) is 2.57. The smallest absolute Gasteiger partial charge is 0.242 e. The molecule has 1 aromatic rings. The summed E-state index contributed by atoms with van der Waals surface area (Å²) in [5, 5.41) is 5.91. The van der Waals surface area contributed by atoms with Gasteiger partial charge in [0.05, 0.1) is 6.04 Å². The van der Waals surface area contributed by atoms with Gasteiger partial charge in [-0.25, -0.2) is 9.37 Å². The van der Waals surface area contributed by atoms with Crippen LogP contribution in [0.3, 0.4) is 0 Å². The minimum Gasteiger partial charge on any atom is -0.309 e. The lowest BCUT2D eigenvalue weighted by Gasteiger charge is -2.14. The van der Waals surface area contributed by atoms with Gasteiger partial charge in [-0.15, -0.1) is 12.4 Å². The van der Waals surface area contributed by atoms with Crippen LogP contribution in [0.1, 0.15) is 19.8 Å². The molecule has 1 aromatic heterocycles. The third-order valence-electron chi connectivity index (χ3n) is 3.75. The molecule has 0 spiro atoms. The second kappa shape index (κ2) is 5.00. The first kappa shape index (κ1) is 14.7. The van der Waals surface area contributed by atoms with Crippen LogP contribution in [-0.2, 0) is 4.79 Å². The topological polar surface area (TPSA) is 54.0 Å². The zero-order chi connectivity index (χ0) is 12.9. The highest BCUT2D eigenvalue weighted by Gasteiger charge is 2.58. The van der Waals surface area contributed by atoms with E-state index in [0.29, 0.717) is 10.6 Å². The average Bonchev–Trinajstić information content (AvgIpc) is 2.75. The molecule has 3 rings (SSSR count). The standard InChI is InChI=1S/C12H13BrFN3O.ClH/c1-12-4-7(15-8(12)5-12)11(18)17-10-3-6(14)2-9(13)16-10;/h2-3,7-8,15H,4-5H2,1H3,(H,16,17,18);1H. The quantitative estimate of drug-likeness (QED) is 0.806. The highest BCUT2D eigenvalue weighted by molar-refractivity contribution is 9.10. The van der Waals surface area contributed by atoms with Gasteiger partial charge in [0, 0.05) is 18.2 Å². The molecule has 0 bridgehead atoms. The van der Waals surface area contributed by atoms with Crippen LogP contribution in [-0.4, -0.2) is 23.0 Å². The largest absolute Gasteiger partial charge is 0.309 e. The summed E-state index contributed by atoms with van der Waals surface area (Å²) in [6, 6.07) is 2.72. The lowest BCUT2D eigenvalue weighted by Crippen LogP contribution is -2.38. The highest BCUT2D eigenvalue weighted by Crippen LogP contribution is 2.53. The van der Waals surface area contributed by atoms with Crippen LogP contribution in [0.4, 0.5) is 10.2 Å². The second-order valence-electron chi connectivity index (χ2n) is 5.32. The van der Waals surface area contributed by atoms with Crippen LogP contribution in [0.5, 0.6) is 0 Å². The fourth-order valence-corrected chi connectivity index (χ4v) is 2.98. The van der Waals surface area contributed by atoms with Gasteiger partial charge in [-0.05, 0) is 34.2 Å². The molecule has 2 fully saturated rings. The van der Waals surface area contributed by atoms with Crippen molar-refractivity contribution in [3.8, 4) is 0 Å². The lowest BCUT2D eigenvalue weighted by atomic mass is 10.0. The molecule has 3 atom stereocenters. The van der Waals surface area contributed by atoms with E-state index in [2.05, 4.69) is 38.5 Å². The minimum absolute atomic E-state index is 0. The Hall–Kier alpha value is -0.720. The lowest BCUT2D eigenvalue weighted by molar-refractivity contribution is -0.118. The van der Waals surface area contributed by atoms with E-state index in [1.54, 1.807) is 0 Å². The molecule has 0 radical (unpaired) electrons. The molecule has 1 saturated carbocycles. The van der Waals surface area contributed by atoms with Gasteiger partial charge in [0.1, 0.15) is 16.2 Å². The summed E-state index contributed by atoms with van der Waals surface area (Å²) in [7, 11) is 0. The summed E-state index contributed by atoms with van der Waals surface area (Å²) in [5.74, 6) is -0.339. The summed E-state index contributed by atoms with van der Waals surface area (Å²) < 4.78 is 13.5. The van der Waals surface area contributed by atoms with E-state index < -0.39 is 5.82 Å². The Morgan fingerprint density at radius 2 is 2.32 bits per heavy atom. The Labute approximate surface area is 125 Å². The predicted octanol–water partition coefficient (Wildman–Crippen LogP) is 2.48. The van der Waals surface area contributed by atoms with Gasteiger partial charge in [0.25, 0.3) is 0 Å². The Morgan fingerprint density at radius 3 is 2.89 bits per heavy atom. The summed E-state index contributed by atoms with van der Waals surface area (Å²) >= 11 is 3.09. The van der Waals surface area contributed by atoms with Crippen molar-refractivity contribution >= 4 is 40.1 Å². The number of rotatable bonds is 2.